The number of thiazole rings is 1. The predicted octanol–water partition coefficient (Wildman–Crippen LogP) is 3.64. The maximum Gasteiger partial charge on any atom is 0.411 e. The second-order valence-corrected chi connectivity index (χ2v) is 10.8. The van der Waals surface area contributed by atoms with Crippen molar-refractivity contribution in [2.45, 2.75) is 29.5 Å². The topological polar surface area (TPSA) is 109 Å². The highest BCUT2D eigenvalue weighted by Crippen LogP contribution is 2.28. The summed E-state index contributed by atoms with van der Waals surface area (Å²) in [4.78, 5) is 18.5. The summed E-state index contributed by atoms with van der Waals surface area (Å²) in [6, 6.07) is 10.8. The van der Waals surface area contributed by atoms with Gasteiger partial charge in [0.1, 0.15) is 17.0 Å². The number of likely N-dealkylation sites (tertiary alicyclic amines) is 1. The molecule has 8 nitrogen and oxygen atoms in total. The van der Waals surface area contributed by atoms with E-state index in [0.717, 1.165) is 4.70 Å². The van der Waals surface area contributed by atoms with Crippen LogP contribution in [0.1, 0.15) is 23.2 Å². The van der Waals surface area contributed by atoms with Gasteiger partial charge in [-0.15, -0.1) is 11.3 Å². The largest absolute Gasteiger partial charge is 0.411 e. The van der Waals surface area contributed by atoms with Gasteiger partial charge in [0.05, 0.1) is 22.4 Å². The van der Waals surface area contributed by atoms with Gasteiger partial charge < -0.3 is 14.7 Å². The number of ether oxygens (including phenoxy) is 1. The van der Waals surface area contributed by atoms with Crippen molar-refractivity contribution in [2.75, 3.05) is 31.0 Å². The van der Waals surface area contributed by atoms with Crippen LogP contribution < -0.4 is 4.72 Å². The van der Waals surface area contributed by atoms with Gasteiger partial charge in [0.25, 0.3) is 15.9 Å². The highest BCUT2D eigenvalue weighted by atomic mass is 32.2. The molecule has 0 atom stereocenters. The van der Waals surface area contributed by atoms with Crippen LogP contribution in [-0.4, -0.2) is 67.4 Å². The number of rotatable bonds is 7. The van der Waals surface area contributed by atoms with Crippen LogP contribution in [0, 0.1) is 0 Å². The van der Waals surface area contributed by atoms with Gasteiger partial charge in [-0.3, -0.25) is 9.52 Å². The molecule has 0 unspecified atom stereocenters. The molecule has 1 aliphatic rings. The number of sulfonamides is 1. The summed E-state index contributed by atoms with van der Waals surface area (Å²) in [5, 5.41) is 10.4. The first-order valence-corrected chi connectivity index (χ1v) is 12.9. The van der Waals surface area contributed by atoms with Crippen LogP contribution in [0.15, 0.2) is 52.9 Å². The molecule has 3 aromatic rings. The monoisotopic (exact) mass is 529 g/mol. The summed E-state index contributed by atoms with van der Waals surface area (Å²) >= 11 is 1.33. The quantitative estimate of drug-likeness (QED) is 0.484. The molecule has 0 spiro atoms. The molecule has 4 rings (SSSR count). The molecule has 1 amide bonds. The van der Waals surface area contributed by atoms with E-state index in [-0.39, 0.29) is 42.4 Å². The molecule has 1 fully saturated rings. The summed E-state index contributed by atoms with van der Waals surface area (Å²) in [6.07, 6.45) is -4.31. The molecule has 35 heavy (non-hydrogen) atoms. The number of halogens is 3. The number of anilines is 1. The molecule has 1 saturated heterocycles. The molecule has 0 saturated carbocycles. The number of piperidine rings is 1. The van der Waals surface area contributed by atoms with Crippen molar-refractivity contribution in [1.29, 1.82) is 0 Å². The van der Waals surface area contributed by atoms with Crippen molar-refractivity contribution in [3.05, 3.63) is 53.5 Å². The van der Waals surface area contributed by atoms with E-state index in [4.69, 9.17) is 0 Å². The number of aliphatic hydroxyl groups is 1. The molecular formula is C22H22F3N3O5S2. The first kappa shape index (κ1) is 25.4. The van der Waals surface area contributed by atoms with E-state index in [0.29, 0.717) is 11.1 Å². The van der Waals surface area contributed by atoms with Gasteiger partial charge in [-0.1, -0.05) is 6.07 Å². The van der Waals surface area contributed by atoms with Gasteiger partial charge in [0, 0.05) is 24.3 Å². The normalized spacial score (nSPS) is 16.4. The minimum atomic E-state index is -4.47. The lowest BCUT2D eigenvalue weighted by Crippen LogP contribution is -2.49. The first-order valence-electron chi connectivity index (χ1n) is 10.6. The van der Waals surface area contributed by atoms with Crippen molar-refractivity contribution in [2.24, 2.45) is 0 Å². The van der Waals surface area contributed by atoms with Crippen LogP contribution in [-0.2, 0) is 14.8 Å². The molecule has 1 aliphatic heterocycles. The highest BCUT2D eigenvalue weighted by molar-refractivity contribution is 7.93. The smallest absolute Gasteiger partial charge is 0.387 e. The van der Waals surface area contributed by atoms with Gasteiger partial charge in [-0.25, -0.2) is 13.4 Å². The predicted molar refractivity (Wildman–Crippen MR) is 124 cm³/mol. The van der Waals surface area contributed by atoms with Gasteiger partial charge >= 0.3 is 6.18 Å². The van der Waals surface area contributed by atoms with Crippen LogP contribution in [0.3, 0.4) is 0 Å². The van der Waals surface area contributed by atoms with Crippen LogP contribution in [0.2, 0.25) is 0 Å². The molecule has 0 bridgehead atoms. The number of amides is 1. The molecule has 2 N–H and O–H groups in total. The number of hydrogen-bond acceptors (Lipinski definition) is 7. The van der Waals surface area contributed by atoms with Crippen molar-refractivity contribution < 1.29 is 36.2 Å². The van der Waals surface area contributed by atoms with Crippen molar-refractivity contribution >= 4 is 43.2 Å². The maximum absolute atomic E-state index is 12.9. The maximum atomic E-state index is 12.9. The van der Waals surface area contributed by atoms with Crippen molar-refractivity contribution in [3.63, 3.8) is 0 Å². The Morgan fingerprint density at radius 1 is 1.17 bits per heavy atom. The zero-order chi connectivity index (χ0) is 25.3. The number of carbonyl (C=O) groups excluding carboxylic acids is 1. The number of para-hydroxylation sites is 1. The molecule has 13 heteroatoms. The Morgan fingerprint density at radius 2 is 1.86 bits per heavy atom. The molecule has 1 aromatic heterocycles. The Bertz CT molecular complexity index is 1300. The number of nitrogens with zero attached hydrogens (tertiary/aromatic N) is 2. The lowest BCUT2D eigenvalue weighted by molar-refractivity contribution is -0.189. The Kier molecular flexibility index (Phi) is 7.04. The number of alkyl halides is 3. The average molecular weight is 530 g/mol. The van der Waals surface area contributed by atoms with E-state index in [1.54, 1.807) is 17.6 Å². The Labute approximate surface area is 203 Å². The number of aromatic nitrogens is 1. The van der Waals surface area contributed by atoms with Gasteiger partial charge in [-0.05, 0) is 49.2 Å². The lowest BCUT2D eigenvalue weighted by Gasteiger charge is -2.38. The summed E-state index contributed by atoms with van der Waals surface area (Å²) in [5.41, 5.74) is 1.10. The molecule has 188 valence electrons. The van der Waals surface area contributed by atoms with Crippen molar-refractivity contribution in [3.8, 4) is 0 Å². The standard InChI is InChI=1S/C22H22F3N3O5S2/c23-22(24,25)13-33-12-21(30)8-10-28(11-9-21)20(29)15-4-6-16(7-5-15)27-35(31,32)18-3-1-2-17-19(18)26-14-34-17/h1-7,14,27,30H,8-13H2. The first-order chi connectivity index (χ1) is 16.5. The summed E-state index contributed by atoms with van der Waals surface area (Å²) in [5.74, 6) is -0.329. The zero-order valence-electron chi connectivity index (χ0n) is 18.3. The fourth-order valence-corrected chi connectivity index (χ4v) is 5.78. The highest BCUT2D eigenvalue weighted by Gasteiger charge is 2.36. The van der Waals surface area contributed by atoms with Crippen LogP contribution in [0.25, 0.3) is 10.2 Å². The molecule has 2 aromatic carbocycles. The summed E-state index contributed by atoms with van der Waals surface area (Å²) in [6.45, 7) is -1.60. The number of fused-ring (bicyclic) bond motifs is 1. The summed E-state index contributed by atoms with van der Waals surface area (Å²) < 4.78 is 70.3. The van der Waals surface area contributed by atoms with E-state index >= 15 is 0 Å². The van der Waals surface area contributed by atoms with Crippen LogP contribution in [0.4, 0.5) is 18.9 Å². The Balaban J connectivity index is 1.36. The van der Waals surface area contributed by atoms with E-state index in [2.05, 4.69) is 14.4 Å². The SMILES string of the molecule is O=C(c1ccc(NS(=O)(=O)c2cccc3scnc23)cc1)N1CCC(O)(COCC(F)(F)F)CC1. The van der Waals surface area contributed by atoms with E-state index < -0.39 is 35.0 Å². The molecule has 0 aliphatic carbocycles. The fraction of sp³-hybridized carbons (Fsp3) is 0.364. The zero-order valence-corrected chi connectivity index (χ0v) is 19.9. The Morgan fingerprint density at radius 3 is 2.51 bits per heavy atom. The summed E-state index contributed by atoms with van der Waals surface area (Å²) in [7, 11) is -3.90. The van der Waals surface area contributed by atoms with Crippen molar-refractivity contribution in [1.82, 2.24) is 9.88 Å². The third kappa shape index (κ3) is 6.10. The van der Waals surface area contributed by atoms with Crippen LogP contribution >= 0.6 is 11.3 Å². The van der Waals surface area contributed by atoms with Gasteiger partial charge in [-0.2, -0.15) is 13.2 Å². The third-order valence-corrected chi connectivity index (χ3v) is 7.82. The second kappa shape index (κ2) is 9.72. The van der Waals surface area contributed by atoms with Gasteiger partial charge in [0.15, 0.2) is 0 Å². The Hall–Kier alpha value is -2.74. The third-order valence-electron chi connectivity index (χ3n) is 5.61. The minimum absolute atomic E-state index is 0.0522. The second-order valence-electron chi connectivity index (χ2n) is 8.26. The van der Waals surface area contributed by atoms with Crippen LogP contribution in [0.5, 0.6) is 0 Å². The van der Waals surface area contributed by atoms with Gasteiger partial charge in [0.2, 0.25) is 0 Å². The lowest BCUT2D eigenvalue weighted by atomic mass is 9.92. The minimum Gasteiger partial charge on any atom is -0.387 e. The molecular weight excluding hydrogens is 507 g/mol. The molecule has 2 heterocycles. The van der Waals surface area contributed by atoms with E-state index in [9.17, 15) is 31.5 Å². The fourth-order valence-electron chi connectivity index (χ4n) is 3.78. The number of hydrogen-bond donors (Lipinski definition) is 2. The average Bonchev–Trinajstić information content (AvgIpc) is 3.27. The number of nitrogens with one attached hydrogen (secondary N) is 1. The van der Waals surface area contributed by atoms with E-state index in [1.165, 1.54) is 46.6 Å². The molecule has 0 radical (unpaired) electrons. The number of carbonyl (C=O) groups is 1. The van der Waals surface area contributed by atoms with E-state index in [1.807, 2.05) is 0 Å². The number of benzene rings is 2.